The summed E-state index contributed by atoms with van der Waals surface area (Å²) in [6, 6.07) is 7.59. The minimum absolute atomic E-state index is 0.217. The Bertz CT molecular complexity index is 694. The van der Waals surface area contributed by atoms with Crippen molar-refractivity contribution in [3.8, 4) is 22.7 Å². The van der Waals surface area contributed by atoms with Gasteiger partial charge in [0.05, 0.1) is 5.56 Å². The Hall–Kier alpha value is -2.76. The molecule has 19 heavy (non-hydrogen) atoms. The van der Waals surface area contributed by atoms with E-state index < -0.39 is 0 Å². The highest BCUT2D eigenvalue weighted by atomic mass is 19.1. The van der Waals surface area contributed by atoms with Crippen LogP contribution in [0.1, 0.15) is 0 Å². The largest absolute Gasteiger partial charge is 0.380 e. The van der Waals surface area contributed by atoms with Crippen LogP contribution in [-0.4, -0.2) is 15.1 Å². The van der Waals surface area contributed by atoms with Gasteiger partial charge >= 0.3 is 0 Å². The van der Waals surface area contributed by atoms with E-state index in [0.717, 1.165) is 0 Å². The van der Waals surface area contributed by atoms with Crippen LogP contribution in [-0.2, 0) is 0 Å². The molecule has 6 heteroatoms. The summed E-state index contributed by atoms with van der Waals surface area (Å²) in [5, 5.41) is 3.72. The molecule has 0 radical (unpaired) electrons. The predicted octanol–water partition coefficient (Wildman–Crippen LogP) is 2.52. The van der Waals surface area contributed by atoms with Gasteiger partial charge in [0.25, 0.3) is 0 Å². The van der Waals surface area contributed by atoms with Crippen molar-refractivity contribution in [1.82, 2.24) is 15.1 Å². The Labute approximate surface area is 107 Å². The zero-order valence-corrected chi connectivity index (χ0v) is 9.75. The fourth-order valence-corrected chi connectivity index (χ4v) is 1.77. The second kappa shape index (κ2) is 4.49. The van der Waals surface area contributed by atoms with Crippen molar-refractivity contribution in [2.24, 2.45) is 0 Å². The van der Waals surface area contributed by atoms with Crippen LogP contribution in [0, 0.1) is 5.82 Å². The van der Waals surface area contributed by atoms with Gasteiger partial charge in [-0.1, -0.05) is 17.3 Å². The second-order valence-corrected chi connectivity index (χ2v) is 3.85. The van der Waals surface area contributed by atoms with E-state index in [1.165, 1.54) is 12.1 Å². The van der Waals surface area contributed by atoms with Crippen molar-refractivity contribution >= 4 is 5.82 Å². The Balaban J connectivity index is 2.17. The van der Waals surface area contributed by atoms with Gasteiger partial charge in [0.15, 0.2) is 11.6 Å². The summed E-state index contributed by atoms with van der Waals surface area (Å²) in [5.74, 6) is 0.640. The van der Waals surface area contributed by atoms with E-state index in [1.54, 1.807) is 30.6 Å². The molecule has 0 spiro atoms. The van der Waals surface area contributed by atoms with Crippen molar-refractivity contribution in [3.05, 3.63) is 48.5 Å². The van der Waals surface area contributed by atoms with Gasteiger partial charge in [-0.2, -0.15) is 0 Å². The van der Waals surface area contributed by atoms with Crippen LogP contribution in [0.2, 0.25) is 0 Å². The molecule has 0 aliphatic rings. The highest BCUT2D eigenvalue weighted by Crippen LogP contribution is 2.34. The average Bonchev–Trinajstić information content (AvgIpc) is 2.83. The quantitative estimate of drug-likeness (QED) is 0.762. The van der Waals surface area contributed by atoms with Gasteiger partial charge in [0.2, 0.25) is 5.76 Å². The van der Waals surface area contributed by atoms with Crippen molar-refractivity contribution in [1.29, 1.82) is 0 Å². The summed E-state index contributed by atoms with van der Waals surface area (Å²) in [6.07, 6.45) is 3.19. The van der Waals surface area contributed by atoms with Crippen LogP contribution < -0.4 is 5.73 Å². The molecular weight excluding hydrogens is 247 g/mol. The van der Waals surface area contributed by atoms with E-state index >= 15 is 0 Å². The lowest BCUT2D eigenvalue weighted by Crippen LogP contribution is -1.91. The number of halogens is 1. The Kier molecular flexibility index (Phi) is 2.68. The van der Waals surface area contributed by atoms with Gasteiger partial charge in [0.1, 0.15) is 5.82 Å². The van der Waals surface area contributed by atoms with Crippen LogP contribution in [0.3, 0.4) is 0 Å². The number of hydrogen-bond donors (Lipinski definition) is 1. The summed E-state index contributed by atoms with van der Waals surface area (Å²) in [7, 11) is 0. The number of nitrogen functional groups attached to an aromatic ring is 1. The van der Waals surface area contributed by atoms with E-state index in [1.807, 2.05) is 0 Å². The summed E-state index contributed by atoms with van der Waals surface area (Å²) in [4.78, 5) is 8.18. The van der Waals surface area contributed by atoms with Crippen LogP contribution in [0.5, 0.6) is 0 Å². The van der Waals surface area contributed by atoms with Crippen molar-refractivity contribution in [3.63, 3.8) is 0 Å². The molecular formula is C13H9FN4O. The zero-order chi connectivity index (χ0) is 13.2. The van der Waals surface area contributed by atoms with Gasteiger partial charge in [-0.25, -0.2) is 14.4 Å². The van der Waals surface area contributed by atoms with Crippen molar-refractivity contribution in [2.75, 3.05) is 5.73 Å². The van der Waals surface area contributed by atoms with Gasteiger partial charge in [-0.05, 0) is 23.8 Å². The maximum atomic E-state index is 13.0. The second-order valence-electron chi connectivity index (χ2n) is 3.85. The Morgan fingerprint density at radius 3 is 2.42 bits per heavy atom. The van der Waals surface area contributed by atoms with Crippen LogP contribution >= 0.6 is 0 Å². The first-order valence-electron chi connectivity index (χ1n) is 5.54. The molecule has 0 aliphatic heterocycles. The minimum atomic E-state index is -0.323. The van der Waals surface area contributed by atoms with Gasteiger partial charge in [-0.15, -0.1) is 0 Å². The van der Waals surface area contributed by atoms with Crippen LogP contribution in [0.15, 0.2) is 47.2 Å². The summed E-state index contributed by atoms with van der Waals surface area (Å²) in [6.45, 7) is 0. The number of nitrogens with two attached hydrogens (primary N) is 1. The van der Waals surface area contributed by atoms with E-state index in [0.29, 0.717) is 22.7 Å². The normalized spacial score (nSPS) is 10.6. The van der Waals surface area contributed by atoms with E-state index in [4.69, 9.17) is 10.3 Å². The van der Waals surface area contributed by atoms with Crippen molar-refractivity contribution < 1.29 is 8.91 Å². The molecule has 0 atom stereocenters. The standard InChI is InChI=1S/C13H9FN4O/c14-9-4-2-8(3-5-9)10-11(19-18-12(10)15)13-16-6-1-7-17-13/h1-7H,(H2,15,18). The highest BCUT2D eigenvalue weighted by molar-refractivity contribution is 5.84. The van der Waals surface area contributed by atoms with Gasteiger partial charge in [0, 0.05) is 12.4 Å². The summed E-state index contributed by atoms with van der Waals surface area (Å²) in [5.41, 5.74) is 7.05. The predicted molar refractivity (Wildman–Crippen MR) is 67.3 cm³/mol. The summed E-state index contributed by atoms with van der Waals surface area (Å²) < 4.78 is 18.1. The maximum absolute atomic E-state index is 13.0. The smallest absolute Gasteiger partial charge is 0.214 e. The molecule has 0 aliphatic carbocycles. The van der Waals surface area contributed by atoms with E-state index in [-0.39, 0.29) is 11.6 Å². The first-order valence-corrected chi connectivity index (χ1v) is 5.54. The molecule has 2 N–H and O–H groups in total. The number of hydrogen-bond acceptors (Lipinski definition) is 5. The Morgan fingerprint density at radius 1 is 1.05 bits per heavy atom. The molecule has 2 heterocycles. The zero-order valence-electron chi connectivity index (χ0n) is 9.75. The molecule has 5 nitrogen and oxygen atoms in total. The molecule has 94 valence electrons. The van der Waals surface area contributed by atoms with E-state index in [9.17, 15) is 4.39 Å². The number of anilines is 1. The van der Waals surface area contributed by atoms with Crippen LogP contribution in [0.25, 0.3) is 22.7 Å². The fraction of sp³-hybridized carbons (Fsp3) is 0. The van der Waals surface area contributed by atoms with Gasteiger partial charge < -0.3 is 10.3 Å². The molecule has 2 aromatic heterocycles. The lowest BCUT2D eigenvalue weighted by atomic mass is 10.1. The molecule has 0 saturated heterocycles. The maximum Gasteiger partial charge on any atom is 0.214 e. The monoisotopic (exact) mass is 256 g/mol. The minimum Gasteiger partial charge on any atom is -0.380 e. The fourth-order valence-electron chi connectivity index (χ4n) is 1.77. The first-order chi connectivity index (χ1) is 9.25. The molecule has 0 fully saturated rings. The molecule has 0 unspecified atom stereocenters. The molecule has 0 bridgehead atoms. The van der Waals surface area contributed by atoms with Gasteiger partial charge in [-0.3, -0.25) is 0 Å². The number of nitrogens with zero attached hydrogens (tertiary/aromatic N) is 3. The highest BCUT2D eigenvalue weighted by Gasteiger charge is 2.19. The third-order valence-electron chi connectivity index (χ3n) is 2.62. The molecule has 3 aromatic rings. The van der Waals surface area contributed by atoms with Crippen molar-refractivity contribution in [2.45, 2.75) is 0 Å². The lowest BCUT2D eigenvalue weighted by Gasteiger charge is -2.01. The number of benzene rings is 1. The van der Waals surface area contributed by atoms with Crippen LogP contribution in [0.4, 0.5) is 10.2 Å². The summed E-state index contributed by atoms with van der Waals surface area (Å²) >= 11 is 0. The first kappa shape index (κ1) is 11.3. The topological polar surface area (TPSA) is 77.8 Å². The molecule has 3 rings (SSSR count). The molecule has 0 saturated carbocycles. The SMILES string of the molecule is Nc1noc(-c2ncccn2)c1-c1ccc(F)cc1. The van der Waals surface area contributed by atoms with E-state index in [2.05, 4.69) is 15.1 Å². The third kappa shape index (κ3) is 2.03. The molecule has 1 aromatic carbocycles. The Morgan fingerprint density at radius 2 is 1.74 bits per heavy atom. The molecule has 0 amide bonds. The average molecular weight is 256 g/mol. The number of rotatable bonds is 2. The number of aromatic nitrogens is 3. The lowest BCUT2D eigenvalue weighted by molar-refractivity contribution is 0.433. The third-order valence-corrected chi connectivity index (χ3v) is 2.62.